The molecule has 1 heterocycles. The summed E-state index contributed by atoms with van der Waals surface area (Å²) in [4.78, 5) is 12.4. The molecule has 0 aliphatic heterocycles. The molecule has 1 amide bonds. The number of carbonyl (C=O) groups excluding carboxylic acids is 1. The number of thioether (sulfide) groups is 1. The maximum Gasteiger partial charge on any atom is 0.416 e. The summed E-state index contributed by atoms with van der Waals surface area (Å²) in [6.07, 6.45) is -4.49. The van der Waals surface area contributed by atoms with E-state index in [1.54, 1.807) is 12.1 Å². The lowest BCUT2D eigenvalue weighted by Crippen LogP contribution is -2.15. The quantitative estimate of drug-likeness (QED) is 0.322. The first-order valence-electron chi connectivity index (χ1n) is 9.68. The van der Waals surface area contributed by atoms with Gasteiger partial charge in [0.2, 0.25) is 5.91 Å². The number of nitrogens with one attached hydrogen (secondary N) is 1. The predicted molar refractivity (Wildman–Crippen MR) is 123 cm³/mol. The van der Waals surface area contributed by atoms with E-state index in [1.165, 1.54) is 12.1 Å². The molecule has 0 radical (unpaired) electrons. The molecule has 0 atom stereocenters. The Bertz CT molecular complexity index is 1260. The number of aromatic nitrogens is 3. The van der Waals surface area contributed by atoms with Crippen LogP contribution in [0.2, 0.25) is 5.02 Å². The number of hydrogen-bond donors (Lipinski definition) is 1. The fourth-order valence-electron chi connectivity index (χ4n) is 3.06. The highest BCUT2D eigenvalue weighted by molar-refractivity contribution is 7.99. The fraction of sp³-hybridized carbons (Fsp3) is 0.0870. The lowest BCUT2D eigenvalue weighted by molar-refractivity contribution is -0.137. The topological polar surface area (TPSA) is 59.8 Å². The number of hydrogen-bond acceptors (Lipinski definition) is 4. The number of benzene rings is 3. The van der Waals surface area contributed by atoms with Crippen molar-refractivity contribution in [2.24, 2.45) is 0 Å². The number of para-hydroxylation sites is 1. The largest absolute Gasteiger partial charge is 0.416 e. The average Bonchev–Trinajstić information content (AvgIpc) is 3.22. The molecule has 10 heteroatoms. The van der Waals surface area contributed by atoms with Crippen molar-refractivity contribution in [2.75, 3.05) is 11.1 Å². The van der Waals surface area contributed by atoms with Crippen molar-refractivity contribution in [2.45, 2.75) is 11.3 Å². The molecule has 33 heavy (non-hydrogen) atoms. The second kappa shape index (κ2) is 9.68. The number of carbonyl (C=O) groups is 1. The Morgan fingerprint density at radius 3 is 2.39 bits per heavy atom. The van der Waals surface area contributed by atoms with E-state index in [9.17, 15) is 18.0 Å². The van der Waals surface area contributed by atoms with Crippen LogP contribution in [0.4, 0.5) is 18.9 Å². The molecular formula is C23H16ClF3N4OS. The van der Waals surface area contributed by atoms with Gasteiger partial charge in [0, 0.05) is 22.0 Å². The van der Waals surface area contributed by atoms with Gasteiger partial charge in [-0.3, -0.25) is 9.36 Å². The van der Waals surface area contributed by atoms with E-state index in [-0.39, 0.29) is 11.4 Å². The van der Waals surface area contributed by atoms with E-state index in [2.05, 4.69) is 15.5 Å². The maximum atomic E-state index is 12.9. The van der Waals surface area contributed by atoms with Crippen LogP contribution in [0.15, 0.2) is 84.0 Å². The van der Waals surface area contributed by atoms with Gasteiger partial charge in [-0.25, -0.2) is 0 Å². The van der Waals surface area contributed by atoms with Gasteiger partial charge in [-0.1, -0.05) is 47.6 Å². The lowest BCUT2D eigenvalue weighted by atomic mass is 10.2. The molecule has 0 saturated heterocycles. The molecule has 5 nitrogen and oxygen atoms in total. The fourth-order valence-corrected chi connectivity index (χ4v) is 3.94. The summed E-state index contributed by atoms with van der Waals surface area (Å²) in [6.45, 7) is 0. The van der Waals surface area contributed by atoms with Crippen LogP contribution >= 0.6 is 23.4 Å². The van der Waals surface area contributed by atoms with Crippen LogP contribution in [0.1, 0.15) is 5.56 Å². The van der Waals surface area contributed by atoms with Crippen molar-refractivity contribution >= 4 is 35.0 Å². The molecule has 0 spiro atoms. The predicted octanol–water partition coefficient (Wildman–Crippen LogP) is 6.34. The number of nitrogens with zero attached hydrogens (tertiary/aromatic N) is 3. The van der Waals surface area contributed by atoms with Crippen molar-refractivity contribution in [3.63, 3.8) is 0 Å². The molecule has 0 unspecified atom stereocenters. The first-order valence-corrected chi connectivity index (χ1v) is 11.0. The molecule has 168 valence electrons. The second-order valence-corrected chi connectivity index (χ2v) is 8.28. The van der Waals surface area contributed by atoms with E-state index < -0.39 is 17.6 Å². The van der Waals surface area contributed by atoms with Crippen LogP contribution in [0.3, 0.4) is 0 Å². The zero-order chi connectivity index (χ0) is 23.4. The van der Waals surface area contributed by atoms with Crippen molar-refractivity contribution in [3.8, 4) is 17.1 Å². The van der Waals surface area contributed by atoms with E-state index >= 15 is 0 Å². The molecule has 3 aromatic carbocycles. The SMILES string of the molecule is O=C(CSc1nnc(-c2ccc(Cl)cc2)n1-c1ccccc1)Nc1cccc(C(F)(F)F)c1. The van der Waals surface area contributed by atoms with E-state index in [4.69, 9.17) is 11.6 Å². The molecule has 4 rings (SSSR count). The van der Waals surface area contributed by atoms with Crippen molar-refractivity contribution in [1.29, 1.82) is 0 Å². The number of halogens is 4. The first-order chi connectivity index (χ1) is 15.8. The summed E-state index contributed by atoms with van der Waals surface area (Å²) < 4.78 is 40.5. The molecule has 1 N–H and O–H groups in total. The van der Waals surface area contributed by atoms with Crippen LogP contribution < -0.4 is 5.32 Å². The Morgan fingerprint density at radius 2 is 1.70 bits per heavy atom. The molecule has 0 aliphatic rings. The van der Waals surface area contributed by atoms with Gasteiger partial charge in [-0.2, -0.15) is 13.2 Å². The Kier molecular flexibility index (Phi) is 6.71. The molecule has 4 aromatic rings. The van der Waals surface area contributed by atoms with Crippen LogP contribution in [0, 0.1) is 0 Å². The third kappa shape index (κ3) is 5.55. The Hall–Kier alpha value is -3.30. The van der Waals surface area contributed by atoms with Gasteiger partial charge < -0.3 is 5.32 Å². The Morgan fingerprint density at radius 1 is 0.970 bits per heavy atom. The maximum absolute atomic E-state index is 12.9. The molecule has 0 fully saturated rings. The summed E-state index contributed by atoms with van der Waals surface area (Å²) in [5, 5.41) is 12.1. The lowest BCUT2D eigenvalue weighted by Gasteiger charge is -2.11. The summed E-state index contributed by atoms with van der Waals surface area (Å²) >= 11 is 7.12. The van der Waals surface area contributed by atoms with E-state index in [0.717, 1.165) is 35.1 Å². The van der Waals surface area contributed by atoms with E-state index in [1.807, 2.05) is 47.0 Å². The highest BCUT2D eigenvalue weighted by atomic mass is 35.5. The van der Waals surface area contributed by atoms with Gasteiger partial charge in [0.1, 0.15) is 0 Å². The van der Waals surface area contributed by atoms with Crippen molar-refractivity contribution in [3.05, 3.63) is 89.4 Å². The first kappa shape index (κ1) is 22.9. The number of alkyl halides is 3. The average molecular weight is 489 g/mol. The van der Waals surface area contributed by atoms with Gasteiger partial charge in [0.15, 0.2) is 11.0 Å². The highest BCUT2D eigenvalue weighted by Crippen LogP contribution is 2.31. The standard InChI is InChI=1S/C23H16ClF3N4OS/c24-17-11-9-15(10-12-17)21-29-30-22(31(21)19-7-2-1-3-8-19)33-14-20(32)28-18-6-4-5-16(13-18)23(25,26)27/h1-13H,14H2,(H,28,32). The number of rotatable bonds is 6. The normalized spacial score (nSPS) is 11.4. The van der Waals surface area contributed by atoms with Gasteiger partial charge in [-0.15, -0.1) is 10.2 Å². The van der Waals surface area contributed by atoms with Crippen LogP contribution in [0.5, 0.6) is 0 Å². The van der Waals surface area contributed by atoms with Crippen molar-refractivity contribution in [1.82, 2.24) is 14.8 Å². The number of anilines is 1. The summed E-state index contributed by atoms with van der Waals surface area (Å²) in [5.41, 5.74) is 0.829. The molecule has 1 aromatic heterocycles. The van der Waals surface area contributed by atoms with E-state index in [0.29, 0.717) is 16.0 Å². The zero-order valence-electron chi connectivity index (χ0n) is 16.9. The minimum absolute atomic E-state index is 0.0676. The molecule has 0 saturated carbocycles. The summed E-state index contributed by atoms with van der Waals surface area (Å²) in [5.74, 6) is 0.0376. The second-order valence-electron chi connectivity index (χ2n) is 6.90. The summed E-state index contributed by atoms with van der Waals surface area (Å²) in [6, 6.07) is 21.0. The molecule has 0 aliphatic carbocycles. The minimum atomic E-state index is -4.49. The third-order valence-corrected chi connectivity index (χ3v) is 5.74. The Labute approximate surface area is 196 Å². The van der Waals surface area contributed by atoms with Gasteiger partial charge in [0.05, 0.1) is 11.3 Å². The van der Waals surface area contributed by atoms with Crippen LogP contribution in [-0.2, 0) is 11.0 Å². The van der Waals surface area contributed by atoms with Gasteiger partial charge in [0.25, 0.3) is 0 Å². The number of amides is 1. The summed E-state index contributed by atoms with van der Waals surface area (Å²) in [7, 11) is 0. The van der Waals surface area contributed by atoms with Gasteiger partial charge in [-0.05, 0) is 54.6 Å². The zero-order valence-corrected chi connectivity index (χ0v) is 18.5. The van der Waals surface area contributed by atoms with Crippen LogP contribution in [0.25, 0.3) is 17.1 Å². The third-order valence-electron chi connectivity index (χ3n) is 4.56. The highest BCUT2D eigenvalue weighted by Gasteiger charge is 2.30. The van der Waals surface area contributed by atoms with Gasteiger partial charge >= 0.3 is 6.18 Å². The van der Waals surface area contributed by atoms with Crippen LogP contribution in [-0.4, -0.2) is 26.4 Å². The molecule has 0 bridgehead atoms. The molecular weight excluding hydrogens is 473 g/mol. The van der Waals surface area contributed by atoms with Crippen molar-refractivity contribution < 1.29 is 18.0 Å². The monoisotopic (exact) mass is 488 g/mol. The minimum Gasteiger partial charge on any atom is -0.325 e. The smallest absolute Gasteiger partial charge is 0.325 e. The Balaban J connectivity index is 1.55.